The van der Waals surface area contributed by atoms with Crippen molar-refractivity contribution >= 4 is 0 Å². The molecule has 3 nitrogen and oxygen atoms in total. The molecule has 0 amide bonds. The fourth-order valence-corrected chi connectivity index (χ4v) is 1.99. The molecule has 0 spiro atoms. The molecule has 2 atom stereocenters. The maximum absolute atomic E-state index is 5.62. The summed E-state index contributed by atoms with van der Waals surface area (Å²) in [6.07, 6.45) is 0. The Labute approximate surface area is 112 Å². The quantitative estimate of drug-likeness (QED) is 0.808. The Morgan fingerprint density at radius 2 is 1.89 bits per heavy atom. The summed E-state index contributed by atoms with van der Waals surface area (Å²) in [5.74, 6) is 2.65. The summed E-state index contributed by atoms with van der Waals surface area (Å²) in [4.78, 5) is 2.35. The largest absolute Gasteiger partial charge is 0.465 e. The Bertz CT molecular complexity index is 346. The van der Waals surface area contributed by atoms with Crippen molar-refractivity contribution in [2.75, 3.05) is 13.6 Å². The van der Waals surface area contributed by atoms with Gasteiger partial charge in [0.05, 0.1) is 6.54 Å². The molecule has 0 saturated heterocycles. The zero-order chi connectivity index (χ0) is 13.7. The summed E-state index contributed by atoms with van der Waals surface area (Å²) in [7, 11) is 2.16. The van der Waals surface area contributed by atoms with E-state index in [-0.39, 0.29) is 0 Å². The van der Waals surface area contributed by atoms with Crippen LogP contribution in [0.5, 0.6) is 0 Å². The van der Waals surface area contributed by atoms with E-state index in [2.05, 4.69) is 51.0 Å². The highest BCUT2D eigenvalue weighted by Gasteiger charge is 2.18. The van der Waals surface area contributed by atoms with Gasteiger partial charge in [-0.3, -0.25) is 4.90 Å². The minimum atomic E-state index is 0.529. The van der Waals surface area contributed by atoms with E-state index in [1.165, 1.54) is 0 Å². The molecule has 0 aliphatic carbocycles. The maximum atomic E-state index is 5.62. The smallest absolute Gasteiger partial charge is 0.118 e. The molecule has 0 radical (unpaired) electrons. The van der Waals surface area contributed by atoms with E-state index in [1.54, 1.807) is 0 Å². The van der Waals surface area contributed by atoms with E-state index in [1.807, 2.05) is 13.0 Å². The summed E-state index contributed by atoms with van der Waals surface area (Å²) in [5, 5.41) is 3.50. The van der Waals surface area contributed by atoms with Crippen molar-refractivity contribution in [3.63, 3.8) is 0 Å². The third-order valence-corrected chi connectivity index (χ3v) is 3.57. The van der Waals surface area contributed by atoms with Gasteiger partial charge in [-0.15, -0.1) is 0 Å². The highest BCUT2D eigenvalue weighted by atomic mass is 16.3. The van der Waals surface area contributed by atoms with Gasteiger partial charge >= 0.3 is 0 Å². The first-order chi connectivity index (χ1) is 8.40. The fraction of sp³-hybridized carbons (Fsp3) is 0.733. The first kappa shape index (κ1) is 15.3. The maximum Gasteiger partial charge on any atom is 0.118 e. The van der Waals surface area contributed by atoms with Crippen LogP contribution in [0.1, 0.15) is 39.2 Å². The SMILES string of the molecule is Cc1ccc(CN(C)C(C)C(C)CNC(C)C)o1. The molecule has 104 valence electrons. The van der Waals surface area contributed by atoms with E-state index in [0.717, 1.165) is 24.6 Å². The number of furan rings is 1. The van der Waals surface area contributed by atoms with Crippen molar-refractivity contribution in [2.45, 2.75) is 53.2 Å². The molecular weight excluding hydrogens is 224 g/mol. The van der Waals surface area contributed by atoms with Crippen LogP contribution in [0.4, 0.5) is 0 Å². The molecule has 0 bridgehead atoms. The van der Waals surface area contributed by atoms with Gasteiger partial charge in [-0.1, -0.05) is 20.8 Å². The van der Waals surface area contributed by atoms with Crippen LogP contribution in [0.15, 0.2) is 16.5 Å². The van der Waals surface area contributed by atoms with Crippen LogP contribution in [0.2, 0.25) is 0 Å². The standard InChI is InChI=1S/C15H28N2O/c1-11(2)16-9-12(3)14(5)17(6)10-15-8-7-13(4)18-15/h7-8,11-12,14,16H,9-10H2,1-6H3. The summed E-state index contributed by atoms with van der Waals surface area (Å²) in [5.41, 5.74) is 0. The molecule has 1 N–H and O–H groups in total. The summed E-state index contributed by atoms with van der Waals surface area (Å²) >= 11 is 0. The molecule has 1 heterocycles. The van der Waals surface area contributed by atoms with E-state index >= 15 is 0 Å². The highest BCUT2D eigenvalue weighted by molar-refractivity contribution is 5.05. The average molecular weight is 252 g/mol. The fourth-order valence-electron chi connectivity index (χ4n) is 1.99. The zero-order valence-corrected chi connectivity index (χ0v) is 12.7. The number of hydrogen-bond acceptors (Lipinski definition) is 3. The minimum absolute atomic E-state index is 0.529. The number of nitrogens with zero attached hydrogens (tertiary/aromatic N) is 1. The average Bonchev–Trinajstić information content (AvgIpc) is 2.70. The van der Waals surface area contributed by atoms with Crippen molar-refractivity contribution in [1.29, 1.82) is 0 Å². The van der Waals surface area contributed by atoms with Crippen LogP contribution < -0.4 is 5.32 Å². The molecule has 1 rings (SSSR count). The number of aryl methyl sites for hydroxylation is 1. The van der Waals surface area contributed by atoms with Gasteiger partial charge < -0.3 is 9.73 Å². The lowest BCUT2D eigenvalue weighted by molar-refractivity contribution is 0.174. The normalized spacial score (nSPS) is 15.3. The molecule has 0 aromatic carbocycles. The minimum Gasteiger partial charge on any atom is -0.465 e. The van der Waals surface area contributed by atoms with E-state index in [4.69, 9.17) is 4.42 Å². The highest BCUT2D eigenvalue weighted by Crippen LogP contribution is 2.14. The van der Waals surface area contributed by atoms with Gasteiger partial charge in [-0.2, -0.15) is 0 Å². The van der Waals surface area contributed by atoms with Gasteiger partial charge in [0.1, 0.15) is 11.5 Å². The summed E-state index contributed by atoms with van der Waals surface area (Å²) in [6, 6.07) is 5.17. The lowest BCUT2D eigenvalue weighted by atomic mass is 10.0. The van der Waals surface area contributed by atoms with Crippen molar-refractivity contribution < 1.29 is 4.42 Å². The molecule has 2 unspecified atom stereocenters. The summed E-state index contributed by atoms with van der Waals surface area (Å²) in [6.45, 7) is 12.9. The van der Waals surface area contributed by atoms with Gasteiger partial charge in [0.15, 0.2) is 0 Å². The third-order valence-electron chi connectivity index (χ3n) is 3.57. The predicted octanol–water partition coefficient (Wildman–Crippen LogP) is 3.04. The number of rotatable bonds is 7. The second-order valence-corrected chi connectivity index (χ2v) is 5.71. The first-order valence-corrected chi connectivity index (χ1v) is 6.89. The number of hydrogen-bond donors (Lipinski definition) is 1. The van der Waals surface area contributed by atoms with Crippen LogP contribution in [0, 0.1) is 12.8 Å². The van der Waals surface area contributed by atoms with Crippen molar-refractivity contribution in [3.8, 4) is 0 Å². The van der Waals surface area contributed by atoms with Gasteiger partial charge in [-0.05, 0) is 45.5 Å². The molecule has 0 saturated carbocycles. The molecule has 0 aliphatic rings. The lowest BCUT2D eigenvalue weighted by Gasteiger charge is -2.30. The molecule has 3 heteroatoms. The molecule has 18 heavy (non-hydrogen) atoms. The Balaban J connectivity index is 2.42. The van der Waals surface area contributed by atoms with E-state index < -0.39 is 0 Å². The van der Waals surface area contributed by atoms with Gasteiger partial charge in [0, 0.05) is 12.1 Å². The van der Waals surface area contributed by atoms with Crippen LogP contribution in [-0.4, -0.2) is 30.6 Å². The van der Waals surface area contributed by atoms with Gasteiger partial charge in [0.25, 0.3) is 0 Å². The molecule has 1 aromatic rings. The molecule has 1 aromatic heterocycles. The van der Waals surface area contributed by atoms with E-state index in [0.29, 0.717) is 18.0 Å². The third kappa shape index (κ3) is 4.83. The monoisotopic (exact) mass is 252 g/mol. The topological polar surface area (TPSA) is 28.4 Å². The molecule has 0 fully saturated rings. The second kappa shape index (κ2) is 6.95. The lowest BCUT2D eigenvalue weighted by Crippen LogP contribution is -2.40. The van der Waals surface area contributed by atoms with Crippen LogP contribution in [0.25, 0.3) is 0 Å². The first-order valence-electron chi connectivity index (χ1n) is 6.89. The molecular formula is C15H28N2O. The van der Waals surface area contributed by atoms with Crippen LogP contribution in [-0.2, 0) is 6.54 Å². The van der Waals surface area contributed by atoms with Crippen molar-refractivity contribution in [2.24, 2.45) is 5.92 Å². The van der Waals surface area contributed by atoms with Crippen molar-refractivity contribution in [1.82, 2.24) is 10.2 Å². The van der Waals surface area contributed by atoms with Crippen LogP contribution >= 0.6 is 0 Å². The van der Waals surface area contributed by atoms with Crippen molar-refractivity contribution in [3.05, 3.63) is 23.7 Å². The summed E-state index contributed by atoms with van der Waals surface area (Å²) < 4.78 is 5.62. The predicted molar refractivity (Wildman–Crippen MR) is 76.7 cm³/mol. The Morgan fingerprint density at radius 3 is 2.39 bits per heavy atom. The Hall–Kier alpha value is -0.800. The van der Waals surface area contributed by atoms with Gasteiger partial charge in [0.2, 0.25) is 0 Å². The zero-order valence-electron chi connectivity index (χ0n) is 12.7. The van der Waals surface area contributed by atoms with Gasteiger partial charge in [-0.25, -0.2) is 0 Å². The van der Waals surface area contributed by atoms with E-state index in [9.17, 15) is 0 Å². The Morgan fingerprint density at radius 1 is 1.22 bits per heavy atom. The molecule has 0 aliphatic heterocycles. The second-order valence-electron chi connectivity index (χ2n) is 5.71. The van der Waals surface area contributed by atoms with Crippen LogP contribution in [0.3, 0.4) is 0 Å². The number of nitrogens with one attached hydrogen (secondary N) is 1. The Kier molecular flexibility index (Phi) is 5.89.